The number of piperazine rings is 1. The molecule has 0 spiro atoms. The minimum absolute atomic E-state index is 0.0565. The van der Waals surface area contributed by atoms with Crippen LogP contribution in [0, 0.1) is 17.7 Å². The molecule has 42 heavy (non-hydrogen) atoms. The molecule has 0 bridgehead atoms. The van der Waals surface area contributed by atoms with Gasteiger partial charge in [0.1, 0.15) is 5.82 Å². The summed E-state index contributed by atoms with van der Waals surface area (Å²) in [4.78, 5) is 48.1. The number of amides is 2. The number of anilines is 1. The van der Waals surface area contributed by atoms with Crippen LogP contribution >= 0.6 is 11.6 Å². The Kier molecular flexibility index (Phi) is 15.1. The van der Waals surface area contributed by atoms with Crippen molar-refractivity contribution < 1.29 is 38.9 Å². The third-order valence-electron chi connectivity index (χ3n) is 6.99. The quantitative estimate of drug-likeness (QED) is 0.165. The van der Waals surface area contributed by atoms with Gasteiger partial charge in [-0.2, -0.15) is 0 Å². The highest BCUT2D eigenvalue weighted by molar-refractivity contribution is 6.33. The summed E-state index contributed by atoms with van der Waals surface area (Å²) < 4.78 is 13.8. The van der Waals surface area contributed by atoms with E-state index in [0.29, 0.717) is 36.0 Å². The average Bonchev–Trinajstić information content (AvgIpc) is 2.89. The summed E-state index contributed by atoms with van der Waals surface area (Å²) in [5, 5.41) is 29.7. The molecule has 1 aliphatic heterocycles. The average molecular weight is 615 g/mol. The van der Waals surface area contributed by atoms with Gasteiger partial charge < -0.3 is 31.3 Å². The highest BCUT2D eigenvalue weighted by Gasteiger charge is 2.40. The molecule has 6 N–H and O–H groups in total. The molecular weight excluding hydrogens is 571 g/mol. The van der Waals surface area contributed by atoms with Crippen molar-refractivity contribution in [2.24, 2.45) is 17.6 Å². The lowest BCUT2D eigenvalue weighted by atomic mass is 9.87. The number of carbonyl (C=O) groups excluding carboxylic acids is 2. The number of nitrogens with two attached hydrogens (primary N) is 1. The van der Waals surface area contributed by atoms with Gasteiger partial charge in [-0.15, -0.1) is 0 Å². The largest absolute Gasteiger partial charge is 0.478 e. The fourth-order valence-electron chi connectivity index (χ4n) is 4.42. The number of unbranched alkanes of at least 4 members (excludes halogenated alkanes) is 1. The molecule has 236 valence electrons. The number of nitrogens with zero attached hydrogens (tertiary/aromatic N) is 2. The predicted octanol–water partition coefficient (Wildman–Crippen LogP) is 2.88. The zero-order chi connectivity index (χ0) is 32.2. The van der Waals surface area contributed by atoms with Crippen LogP contribution in [0.4, 0.5) is 10.1 Å². The fourth-order valence-corrected chi connectivity index (χ4v) is 4.64. The fraction of sp³-hybridized carbons (Fsp3) is 0.586. The molecule has 0 saturated carbocycles. The topological polar surface area (TPSA) is 173 Å². The van der Waals surface area contributed by atoms with Gasteiger partial charge in [-0.05, 0) is 50.8 Å². The number of aliphatic hydroxyl groups excluding tert-OH is 1. The number of hydrogen-bond acceptors (Lipinski definition) is 7. The number of aliphatic carboxylic acids is 2. The summed E-state index contributed by atoms with van der Waals surface area (Å²) in [6.07, 6.45) is 2.38. The molecule has 11 nitrogen and oxygen atoms in total. The van der Waals surface area contributed by atoms with Crippen LogP contribution in [0.15, 0.2) is 30.4 Å². The van der Waals surface area contributed by atoms with Crippen molar-refractivity contribution >= 4 is 41.0 Å². The number of hydrogen-bond donors (Lipinski definition) is 5. The maximum Gasteiger partial charge on any atom is 0.328 e. The molecule has 0 radical (unpaired) electrons. The van der Waals surface area contributed by atoms with E-state index in [1.165, 1.54) is 23.1 Å². The summed E-state index contributed by atoms with van der Waals surface area (Å²) in [6, 6.07) is 3.32. The van der Waals surface area contributed by atoms with E-state index in [2.05, 4.69) is 12.2 Å². The van der Waals surface area contributed by atoms with Gasteiger partial charge in [0, 0.05) is 49.3 Å². The Balaban J connectivity index is 0.000000962. The van der Waals surface area contributed by atoms with E-state index in [4.69, 9.17) is 27.5 Å². The lowest BCUT2D eigenvalue weighted by Gasteiger charge is -2.47. The summed E-state index contributed by atoms with van der Waals surface area (Å²) >= 11 is 6.23. The minimum Gasteiger partial charge on any atom is -0.478 e. The summed E-state index contributed by atoms with van der Waals surface area (Å²) in [5.41, 5.74) is 6.21. The van der Waals surface area contributed by atoms with Crippen LogP contribution in [-0.4, -0.2) is 87.8 Å². The molecule has 3 atom stereocenters. The zero-order valence-electron chi connectivity index (χ0n) is 24.8. The van der Waals surface area contributed by atoms with Gasteiger partial charge in [-0.1, -0.05) is 38.8 Å². The van der Waals surface area contributed by atoms with Gasteiger partial charge in [-0.3, -0.25) is 14.5 Å². The van der Waals surface area contributed by atoms with Crippen LogP contribution in [0.25, 0.3) is 0 Å². The lowest BCUT2D eigenvalue weighted by Crippen LogP contribution is -2.64. The first-order chi connectivity index (χ1) is 19.5. The zero-order valence-corrected chi connectivity index (χ0v) is 25.6. The highest BCUT2D eigenvalue weighted by atomic mass is 35.5. The predicted molar refractivity (Wildman–Crippen MR) is 159 cm³/mol. The normalized spacial score (nSPS) is 17.4. The van der Waals surface area contributed by atoms with E-state index in [1.54, 1.807) is 0 Å². The summed E-state index contributed by atoms with van der Waals surface area (Å²) in [5.74, 6) is -3.55. The van der Waals surface area contributed by atoms with E-state index < -0.39 is 35.4 Å². The molecule has 1 aromatic carbocycles. The molecule has 2 amide bonds. The number of halogens is 2. The molecule has 0 aromatic heterocycles. The standard InChI is InChI=1S/C25H40ClFN4O3.C4H4O4/c1-6-7-10-29-24(34)18(16(2)3)12-22(32)20(28)13-30-14-23(33)31(15-25(30,4)5)21-11-17(27)8-9-19(21)26;5-3(6)1-2-4(7)8/h8-9,11,16,18,20,22,32H,6-7,10,12-15,28H2,1-5H3,(H,29,34);1-2H,(H,5,6)(H,7,8)/b;2-1+/t18-,20-,22-;/m0./s1. The SMILES string of the molecule is CCCCNC(=O)[C@@H](C[C@H](O)[C@@H](N)CN1CC(=O)N(c2cc(F)ccc2Cl)CC1(C)C)C(C)C.O=C(O)/C=C/C(=O)O. The molecule has 1 saturated heterocycles. The number of carbonyl (C=O) groups is 4. The van der Waals surface area contributed by atoms with Crippen molar-refractivity contribution in [2.75, 3.05) is 31.1 Å². The van der Waals surface area contributed by atoms with Gasteiger partial charge in [0.25, 0.3) is 0 Å². The molecule has 0 unspecified atom stereocenters. The third kappa shape index (κ3) is 12.0. The highest BCUT2D eigenvalue weighted by Crippen LogP contribution is 2.32. The second-order valence-corrected chi connectivity index (χ2v) is 11.6. The van der Waals surface area contributed by atoms with Gasteiger partial charge in [0.05, 0.1) is 23.4 Å². The van der Waals surface area contributed by atoms with Crippen LogP contribution in [0.5, 0.6) is 0 Å². The Morgan fingerprint density at radius 2 is 1.79 bits per heavy atom. The smallest absolute Gasteiger partial charge is 0.328 e. The van der Waals surface area contributed by atoms with Crippen molar-refractivity contribution in [3.8, 4) is 0 Å². The summed E-state index contributed by atoms with van der Waals surface area (Å²) in [7, 11) is 0. The maximum absolute atomic E-state index is 13.8. The van der Waals surface area contributed by atoms with Crippen LogP contribution in [0.1, 0.15) is 53.9 Å². The van der Waals surface area contributed by atoms with Crippen LogP contribution in [0.3, 0.4) is 0 Å². The Hall–Kier alpha value is -3.06. The molecular formula is C29H44ClFN4O7. The Bertz CT molecular complexity index is 1100. The first-order valence-electron chi connectivity index (χ1n) is 13.9. The van der Waals surface area contributed by atoms with Gasteiger partial charge in [0.15, 0.2) is 0 Å². The first-order valence-corrected chi connectivity index (χ1v) is 14.2. The van der Waals surface area contributed by atoms with Crippen LogP contribution < -0.4 is 16.0 Å². The molecule has 1 aromatic rings. The minimum atomic E-state index is -1.26. The van der Waals surface area contributed by atoms with Crippen molar-refractivity contribution in [3.05, 3.63) is 41.2 Å². The van der Waals surface area contributed by atoms with E-state index in [9.17, 15) is 28.7 Å². The number of aliphatic hydroxyl groups is 1. The van der Waals surface area contributed by atoms with Crippen molar-refractivity contribution in [3.63, 3.8) is 0 Å². The molecule has 2 rings (SSSR count). The molecule has 0 aliphatic carbocycles. The van der Waals surface area contributed by atoms with Gasteiger partial charge in [-0.25, -0.2) is 14.0 Å². The molecule has 1 aliphatic rings. The molecule has 13 heteroatoms. The van der Waals surface area contributed by atoms with Gasteiger partial charge >= 0.3 is 11.9 Å². The number of nitrogens with one attached hydrogen (secondary N) is 1. The summed E-state index contributed by atoms with van der Waals surface area (Å²) in [6.45, 7) is 11.2. The third-order valence-corrected chi connectivity index (χ3v) is 7.31. The lowest BCUT2D eigenvalue weighted by molar-refractivity contribution is -0.134. The van der Waals surface area contributed by atoms with Crippen LogP contribution in [-0.2, 0) is 19.2 Å². The maximum atomic E-state index is 13.8. The number of benzene rings is 1. The Labute approximate surface area is 251 Å². The molecule has 1 heterocycles. The van der Waals surface area contributed by atoms with Gasteiger partial charge in [0.2, 0.25) is 11.8 Å². The van der Waals surface area contributed by atoms with E-state index in [-0.39, 0.29) is 43.2 Å². The number of rotatable bonds is 13. The van der Waals surface area contributed by atoms with Crippen LogP contribution in [0.2, 0.25) is 5.02 Å². The van der Waals surface area contributed by atoms with Crippen molar-refractivity contribution in [1.29, 1.82) is 0 Å². The van der Waals surface area contributed by atoms with Crippen molar-refractivity contribution in [1.82, 2.24) is 10.2 Å². The number of carboxylic acids is 2. The second kappa shape index (κ2) is 17.2. The Morgan fingerprint density at radius 1 is 1.19 bits per heavy atom. The number of carboxylic acid groups (broad SMARTS) is 2. The monoisotopic (exact) mass is 614 g/mol. The van der Waals surface area contributed by atoms with Crippen molar-refractivity contribution in [2.45, 2.75) is 71.6 Å². The second-order valence-electron chi connectivity index (χ2n) is 11.2. The van der Waals surface area contributed by atoms with E-state index >= 15 is 0 Å². The van der Waals surface area contributed by atoms with E-state index in [0.717, 1.165) is 12.8 Å². The first kappa shape index (κ1) is 37.0. The molecule has 1 fully saturated rings. The Morgan fingerprint density at radius 3 is 2.31 bits per heavy atom. The van der Waals surface area contributed by atoms with E-state index in [1.807, 2.05) is 32.6 Å².